The third kappa shape index (κ3) is 4.88. The van der Waals surface area contributed by atoms with E-state index in [1.165, 1.54) is 16.7 Å². The molecule has 78 valence electrons. The summed E-state index contributed by atoms with van der Waals surface area (Å²) in [6, 6.07) is 4.60. The summed E-state index contributed by atoms with van der Waals surface area (Å²) in [7, 11) is 0.568. The molecule has 0 saturated carbocycles. The number of hydrogen-bond donors (Lipinski definition) is 0. The van der Waals surface area contributed by atoms with Crippen molar-refractivity contribution >= 4 is 21.2 Å². The summed E-state index contributed by atoms with van der Waals surface area (Å²) in [5.41, 5.74) is 4.31. The van der Waals surface area contributed by atoms with Gasteiger partial charge >= 0.3 is 18.9 Å². The maximum atomic E-state index is 2.42. The average Bonchev–Trinajstić information content (AvgIpc) is 1.95. The molecule has 1 rings (SSSR count). The average molecular weight is 230 g/mol. The SMILES string of the molecule is Cc1cc(C)c([P-][Si](C)(C)C)c(C)c1.[Li+]. The molecular weight excluding hydrogens is 210 g/mol. The summed E-state index contributed by atoms with van der Waals surface area (Å²) in [5, 5.41) is 1.56. The smallest absolute Gasteiger partial charge is 0.507 e. The third-order valence-electron chi connectivity index (χ3n) is 2.08. The van der Waals surface area contributed by atoms with Gasteiger partial charge in [-0.2, -0.15) is 0 Å². The Hall–Kier alpha value is 0.464. The number of benzene rings is 1. The Morgan fingerprint density at radius 2 is 1.33 bits per heavy atom. The quantitative estimate of drug-likeness (QED) is 0.526. The predicted molar refractivity (Wildman–Crippen MR) is 70.6 cm³/mol. The van der Waals surface area contributed by atoms with Gasteiger partial charge in [-0.05, 0) is 20.8 Å². The summed E-state index contributed by atoms with van der Waals surface area (Å²) in [6.45, 7) is 13.9. The first kappa shape index (κ1) is 15.5. The van der Waals surface area contributed by atoms with Crippen molar-refractivity contribution in [1.82, 2.24) is 0 Å². The predicted octanol–water partition coefficient (Wildman–Crippen LogP) is 1.02. The molecular formula is C12H20LiPSi. The zero-order valence-corrected chi connectivity index (χ0v) is 13.0. The van der Waals surface area contributed by atoms with Crippen LogP contribution in [0.15, 0.2) is 12.1 Å². The van der Waals surface area contributed by atoms with Crippen molar-refractivity contribution in [2.75, 3.05) is 0 Å². The van der Waals surface area contributed by atoms with Crippen LogP contribution in [-0.2, 0) is 0 Å². The molecule has 0 heterocycles. The second-order valence-electron chi connectivity index (χ2n) is 5.03. The standard InChI is InChI=1S/C12H20PSi.Li/c1-9-7-10(2)12(11(3)8-9)13-14(4,5)6;/h7-8H,1-6H3;/q-1;+1. The van der Waals surface area contributed by atoms with Gasteiger partial charge < -0.3 is 8.13 Å². The molecule has 0 unspecified atom stereocenters. The molecule has 0 bridgehead atoms. The first-order valence-electron chi connectivity index (χ1n) is 5.10. The Kier molecular flexibility index (Phi) is 5.87. The maximum absolute atomic E-state index is 2.42. The molecule has 0 aliphatic rings. The van der Waals surface area contributed by atoms with E-state index in [1.54, 1.807) is 13.4 Å². The number of hydrogen-bond acceptors (Lipinski definition) is 0. The van der Waals surface area contributed by atoms with Crippen LogP contribution in [0.5, 0.6) is 0 Å². The Morgan fingerprint density at radius 3 is 1.67 bits per heavy atom. The maximum Gasteiger partial charge on any atom is 1.00 e. The molecule has 1 aromatic carbocycles. The molecule has 0 saturated heterocycles. The van der Waals surface area contributed by atoms with E-state index in [0.29, 0.717) is 0 Å². The molecule has 0 aliphatic carbocycles. The summed E-state index contributed by atoms with van der Waals surface area (Å²) >= 11 is 0. The molecule has 0 N–H and O–H groups in total. The first-order valence-corrected chi connectivity index (χ1v) is 10.3. The van der Waals surface area contributed by atoms with Gasteiger partial charge in [-0.25, -0.2) is 5.30 Å². The van der Waals surface area contributed by atoms with E-state index in [2.05, 4.69) is 52.5 Å². The minimum atomic E-state index is -1.01. The van der Waals surface area contributed by atoms with E-state index in [1.807, 2.05) is 0 Å². The Labute approximate surface area is 109 Å². The van der Waals surface area contributed by atoms with Crippen molar-refractivity contribution in [1.29, 1.82) is 0 Å². The molecule has 1 aromatic rings. The van der Waals surface area contributed by atoms with E-state index in [9.17, 15) is 0 Å². The van der Waals surface area contributed by atoms with E-state index in [0.717, 1.165) is 0 Å². The first-order chi connectivity index (χ1) is 6.29. The van der Waals surface area contributed by atoms with Crippen LogP contribution in [0, 0.1) is 20.8 Å². The van der Waals surface area contributed by atoms with Crippen LogP contribution in [0.3, 0.4) is 0 Å². The second-order valence-corrected chi connectivity index (χ2v) is 14.7. The minimum absolute atomic E-state index is 0. The van der Waals surface area contributed by atoms with Gasteiger partial charge in [0.25, 0.3) is 0 Å². The summed E-state index contributed by atoms with van der Waals surface area (Å²) < 4.78 is 0. The van der Waals surface area contributed by atoms with Crippen molar-refractivity contribution in [3.63, 3.8) is 0 Å². The molecule has 0 aromatic heterocycles. The second kappa shape index (κ2) is 5.69. The van der Waals surface area contributed by atoms with Crippen LogP contribution in [0.25, 0.3) is 0 Å². The topological polar surface area (TPSA) is 0 Å². The fourth-order valence-corrected chi connectivity index (χ4v) is 5.91. The zero-order valence-electron chi connectivity index (χ0n) is 11.1. The summed E-state index contributed by atoms with van der Waals surface area (Å²) in [5.74, 6) is 0. The Bertz CT molecular complexity index is 319. The van der Waals surface area contributed by atoms with Crippen LogP contribution < -0.4 is 24.2 Å². The van der Waals surface area contributed by atoms with Gasteiger partial charge in [0.1, 0.15) is 0 Å². The van der Waals surface area contributed by atoms with Gasteiger partial charge in [0, 0.05) is 0 Å². The number of aryl methyl sites for hydroxylation is 3. The van der Waals surface area contributed by atoms with Gasteiger partial charge in [0.2, 0.25) is 0 Å². The van der Waals surface area contributed by atoms with Gasteiger partial charge in [-0.15, -0.1) is 7.74 Å². The summed E-state index contributed by atoms with van der Waals surface area (Å²) in [6.07, 6.45) is 0. The molecule has 0 spiro atoms. The van der Waals surface area contributed by atoms with E-state index < -0.39 is 7.74 Å². The largest absolute Gasteiger partial charge is 1.00 e. The Morgan fingerprint density at radius 1 is 0.933 bits per heavy atom. The number of rotatable bonds is 2. The molecule has 0 amide bonds. The molecule has 0 nitrogen and oxygen atoms in total. The van der Waals surface area contributed by atoms with Crippen molar-refractivity contribution in [2.24, 2.45) is 0 Å². The van der Waals surface area contributed by atoms with Crippen LogP contribution >= 0.6 is 8.13 Å². The molecule has 0 atom stereocenters. The molecule has 0 radical (unpaired) electrons. The summed E-state index contributed by atoms with van der Waals surface area (Å²) in [4.78, 5) is 0. The molecule has 0 aliphatic heterocycles. The van der Waals surface area contributed by atoms with E-state index in [-0.39, 0.29) is 18.9 Å². The third-order valence-corrected chi connectivity index (χ3v) is 6.37. The van der Waals surface area contributed by atoms with E-state index >= 15 is 0 Å². The fourth-order valence-electron chi connectivity index (χ4n) is 1.68. The molecule has 0 fully saturated rings. The fraction of sp³-hybridized carbons (Fsp3) is 0.500. The van der Waals surface area contributed by atoms with E-state index in [4.69, 9.17) is 0 Å². The van der Waals surface area contributed by atoms with Crippen molar-refractivity contribution < 1.29 is 18.9 Å². The van der Waals surface area contributed by atoms with Crippen molar-refractivity contribution in [3.8, 4) is 0 Å². The van der Waals surface area contributed by atoms with Crippen molar-refractivity contribution in [3.05, 3.63) is 28.8 Å². The van der Waals surface area contributed by atoms with Crippen molar-refractivity contribution in [2.45, 2.75) is 40.4 Å². The van der Waals surface area contributed by atoms with Gasteiger partial charge in [-0.3, -0.25) is 0 Å². The van der Waals surface area contributed by atoms with Crippen LogP contribution in [-0.4, -0.2) is 7.74 Å². The van der Waals surface area contributed by atoms with Crippen LogP contribution in [0.4, 0.5) is 0 Å². The van der Waals surface area contributed by atoms with Gasteiger partial charge in [0.15, 0.2) is 0 Å². The normalized spacial score (nSPS) is 11.9. The van der Waals surface area contributed by atoms with Gasteiger partial charge in [-0.1, -0.05) is 48.5 Å². The van der Waals surface area contributed by atoms with Gasteiger partial charge in [0.05, 0.1) is 0 Å². The zero-order chi connectivity index (χ0) is 10.9. The van der Waals surface area contributed by atoms with Crippen LogP contribution in [0.2, 0.25) is 19.6 Å². The minimum Gasteiger partial charge on any atom is -0.507 e. The molecule has 3 heteroatoms. The monoisotopic (exact) mass is 230 g/mol. The Balaban J connectivity index is 0.00000196. The molecule has 15 heavy (non-hydrogen) atoms. The van der Waals surface area contributed by atoms with Crippen LogP contribution in [0.1, 0.15) is 16.7 Å².